The summed E-state index contributed by atoms with van der Waals surface area (Å²) in [6.07, 6.45) is -2.02. The number of nitrogens with zero attached hydrogens (tertiary/aromatic N) is 3. The van der Waals surface area contributed by atoms with Gasteiger partial charge >= 0.3 is 18.2 Å². The van der Waals surface area contributed by atoms with E-state index in [0.29, 0.717) is 29.7 Å². The molecule has 1 aromatic carbocycles. The van der Waals surface area contributed by atoms with Gasteiger partial charge in [-0.3, -0.25) is 10.1 Å². The Labute approximate surface area is 211 Å². The number of carboxylic acids is 1. The van der Waals surface area contributed by atoms with Gasteiger partial charge in [-0.05, 0) is 37.6 Å². The molecule has 0 aliphatic carbocycles. The fourth-order valence-electron chi connectivity index (χ4n) is 3.76. The van der Waals surface area contributed by atoms with E-state index in [1.165, 1.54) is 24.5 Å². The SMILES string of the molecule is CCNC(=O)Nc1cc(-c2nc(C(F)(F)F)cs2)c(-c2ccc3c(c2)c(=O)c(C(=O)O)cn3CC)cn1. The van der Waals surface area contributed by atoms with Gasteiger partial charge in [0.25, 0.3) is 0 Å². The first-order chi connectivity index (χ1) is 17.5. The Morgan fingerprint density at radius 3 is 2.54 bits per heavy atom. The molecule has 0 fully saturated rings. The maximum atomic E-state index is 13.3. The monoisotopic (exact) mass is 531 g/mol. The summed E-state index contributed by atoms with van der Waals surface area (Å²) in [6, 6.07) is 5.62. The van der Waals surface area contributed by atoms with Crippen molar-refractivity contribution in [2.45, 2.75) is 26.6 Å². The van der Waals surface area contributed by atoms with Crippen molar-refractivity contribution in [3.05, 3.63) is 63.5 Å². The van der Waals surface area contributed by atoms with Gasteiger partial charge in [-0.25, -0.2) is 19.6 Å². The van der Waals surface area contributed by atoms with E-state index in [-0.39, 0.29) is 21.8 Å². The molecule has 9 nitrogen and oxygen atoms in total. The van der Waals surface area contributed by atoms with Crippen LogP contribution in [-0.4, -0.2) is 38.2 Å². The number of benzene rings is 1. The molecule has 0 radical (unpaired) electrons. The first-order valence-electron chi connectivity index (χ1n) is 11.0. The number of carboxylic acid groups (broad SMARTS) is 1. The van der Waals surface area contributed by atoms with Crippen molar-refractivity contribution in [2.24, 2.45) is 0 Å². The van der Waals surface area contributed by atoms with E-state index in [4.69, 9.17) is 0 Å². The van der Waals surface area contributed by atoms with Gasteiger partial charge in [0.15, 0.2) is 5.69 Å². The van der Waals surface area contributed by atoms with Crippen LogP contribution in [0.15, 0.2) is 46.8 Å². The van der Waals surface area contributed by atoms with Crippen LogP contribution in [0.4, 0.5) is 23.8 Å². The lowest BCUT2D eigenvalue weighted by Gasteiger charge is -2.14. The molecule has 192 valence electrons. The number of urea groups is 1. The van der Waals surface area contributed by atoms with Crippen LogP contribution >= 0.6 is 11.3 Å². The fourth-order valence-corrected chi connectivity index (χ4v) is 4.61. The average molecular weight is 532 g/mol. The minimum Gasteiger partial charge on any atom is -0.477 e. The molecule has 0 spiro atoms. The molecule has 0 aliphatic rings. The van der Waals surface area contributed by atoms with Crippen LogP contribution in [0.25, 0.3) is 32.6 Å². The molecule has 0 saturated heterocycles. The molecule has 4 aromatic rings. The largest absolute Gasteiger partial charge is 0.477 e. The maximum Gasteiger partial charge on any atom is 0.434 e. The molecule has 37 heavy (non-hydrogen) atoms. The Bertz CT molecular complexity index is 1580. The van der Waals surface area contributed by atoms with Crippen molar-refractivity contribution in [1.82, 2.24) is 19.9 Å². The number of hydrogen-bond acceptors (Lipinski definition) is 6. The van der Waals surface area contributed by atoms with E-state index in [9.17, 15) is 32.7 Å². The number of halogens is 3. The van der Waals surface area contributed by atoms with E-state index >= 15 is 0 Å². The number of carbonyl (C=O) groups is 2. The number of rotatable bonds is 6. The quantitative estimate of drug-likeness (QED) is 0.319. The highest BCUT2D eigenvalue weighted by molar-refractivity contribution is 7.13. The second kappa shape index (κ2) is 10.0. The van der Waals surface area contributed by atoms with Gasteiger partial charge in [-0.1, -0.05) is 6.07 Å². The average Bonchev–Trinajstić information content (AvgIpc) is 3.35. The lowest BCUT2D eigenvalue weighted by atomic mass is 9.99. The Morgan fingerprint density at radius 1 is 1.16 bits per heavy atom. The molecular weight excluding hydrogens is 511 g/mol. The number of carbonyl (C=O) groups excluding carboxylic acids is 1. The number of anilines is 1. The highest BCUT2D eigenvalue weighted by Crippen LogP contribution is 2.38. The van der Waals surface area contributed by atoms with Crippen LogP contribution in [0.1, 0.15) is 29.9 Å². The van der Waals surface area contributed by atoms with Crippen molar-refractivity contribution in [3.63, 3.8) is 0 Å². The van der Waals surface area contributed by atoms with Crippen LogP contribution in [-0.2, 0) is 12.7 Å². The van der Waals surface area contributed by atoms with Gasteiger partial charge in [0.1, 0.15) is 16.4 Å². The molecule has 0 atom stereocenters. The van der Waals surface area contributed by atoms with E-state index in [2.05, 4.69) is 20.6 Å². The van der Waals surface area contributed by atoms with Crippen molar-refractivity contribution >= 4 is 40.1 Å². The number of aromatic carboxylic acids is 1. The normalized spacial score (nSPS) is 11.5. The zero-order valence-electron chi connectivity index (χ0n) is 19.5. The molecule has 0 bridgehead atoms. The third-order valence-electron chi connectivity index (χ3n) is 5.47. The van der Waals surface area contributed by atoms with Crippen molar-refractivity contribution in [2.75, 3.05) is 11.9 Å². The fraction of sp³-hybridized carbons (Fsp3) is 0.208. The summed E-state index contributed by atoms with van der Waals surface area (Å²) in [5, 5.41) is 15.6. The summed E-state index contributed by atoms with van der Waals surface area (Å²) in [5.41, 5.74) is -0.664. The van der Waals surface area contributed by atoms with Crippen LogP contribution < -0.4 is 16.1 Å². The number of thiazole rings is 1. The number of nitrogens with one attached hydrogen (secondary N) is 2. The molecule has 13 heteroatoms. The Balaban J connectivity index is 1.93. The summed E-state index contributed by atoms with van der Waals surface area (Å²) >= 11 is 0.765. The number of aromatic nitrogens is 3. The maximum absolute atomic E-state index is 13.3. The minimum atomic E-state index is -4.65. The molecule has 0 aliphatic heterocycles. The number of hydrogen-bond donors (Lipinski definition) is 3. The van der Waals surface area contributed by atoms with Crippen LogP contribution in [0.2, 0.25) is 0 Å². The Morgan fingerprint density at radius 2 is 1.92 bits per heavy atom. The van der Waals surface area contributed by atoms with E-state index in [0.717, 1.165) is 16.7 Å². The Hall–Kier alpha value is -4.26. The third kappa shape index (κ3) is 5.16. The number of pyridine rings is 2. The summed E-state index contributed by atoms with van der Waals surface area (Å²) in [5.74, 6) is -1.29. The molecule has 4 rings (SSSR count). The molecule has 3 heterocycles. The van der Waals surface area contributed by atoms with Crippen LogP contribution in [0.3, 0.4) is 0 Å². The predicted molar refractivity (Wildman–Crippen MR) is 133 cm³/mol. The lowest BCUT2D eigenvalue weighted by molar-refractivity contribution is -0.140. The van der Waals surface area contributed by atoms with Crippen molar-refractivity contribution in [3.8, 4) is 21.7 Å². The predicted octanol–water partition coefficient (Wildman–Crippen LogP) is 5.07. The standard InChI is InChI=1S/C24H20F3N5O4S/c1-3-28-23(36)31-19-8-13(21-30-18(11-37-21)24(25,26)27)15(9-29-19)12-5-6-17-14(7-12)20(33)16(22(34)35)10-32(17)4-2/h5-11H,3-4H2,1-2H3,(H,34,35)(H2,28,29,31,36). The van der Waals surface area contributed by atoms with Gasteiger partial charge in [0.05, 0.1) is 5.52 Å². The number of aryl methyl sites for hydroxylation is 1. The first-order valence-corrected chi connectivity index (χ1v) is 11.9. The number of fused-ring (bicyclic) bond motifs is 1. The molecular formula is C24H20F3N5O4S. The van der Waals surface area contributed by atoms with Crippen molar-refractivity contribution < 1.29 is 27.9 Å². The first kappa shape index (κ1) is 25.8. The zero-order valence-corrected chi connectivity index (χ0v) is 20.3. The van der Waals surface area contributed by atoms with Gasteiger partial charge in [-0.2, -0.15) is 13.2 Å². The van der Waals surface area contributed by atoms with Gasteiger partial charge < -0.3 is 15.0 Å². The van der Waals surface area contributed by atoms with E-state index in [1.54, 1.807) is 30.5 Å². The second-order valence-corrected chi connectivity index (χ2v) is 8.69. The molecule has 3 aromatic heterocycles. The smallest absolute Gasteiger partial charge is 0.434 e. The van der Waals surface area contributed by atoms with Crippen molar-refractivity contribution in [1.29, 1.82) is 0 Å². The third-order valence-corrected chi connectivity index (χ3v) is 6.35. The van der Waals surface area contributed by atoms with Gasteiger partial charge in [0, 0.05) is 47.4 Å². The Kier molecular flexibility index (Phi) is 6.99. The van der Waals surface area contributed by atoms with E-state index in [1.807, 2.05) is 0 Å². The summed E-state index contributed by atoms with van der Waals surface area (Å²) < 4.78 is 41.4. The second-order valence-electron chi connectivity index (χ2n) is 7.83. The zero-order chi connectivity index (χ0) is 26.9. The summed E-state index contributed by atoms with van der Waals surface area (Å²) in [4.78, 5) is 44.5. The van der Waals surface area contributed by atoms with Crippen LogP contribution in [0.5, 0.6) is 0 Å². The number of alkyl halides is 3. The lowest BCUT2D eigenvalue weighted by Crippen LogP contribution is -2.28. The minimum absolute atomic E-state index is 0.0222. The van der Waals surface area contributed by atoms with Crippen LogP contribution in [0, 0.1) is 0 Å². The summed E-state index contributed by atoms with van der Waals surface area (Å²) in [6.45, 7) is 4.27. The molecule has 0 unspecified atom stereocenters. The van der Waals surface area contributed by atoms with Gasteiger partial charge in [-0.15, -0.1) is 11.3 Å². The highest BCUT2D eigenvalue weighted by atomic mass is 32.1. The molecule has 3 N–H and O–H groups in total. The topological polar surface area (TPSA) is 126 Å². The highest BCUT2D eigenvalue weighted by Gasteiger charge is 2.34. The van der Waals surface area contributed by atoms with Gasteiger partial charge in [0.2, 0.25) is 5.43 Å². The summed E-state index contributed by atoms with van der Waals surface area (Å²) in [7, 11) is 0. The number of amides is 2. The molecule has 2 amide bonds. The van der Waals surface area contributed by atoms with E-state index < -0.39 is 34.9 Å². The molecule has 0 saturated carbocycles.